The second-order valence-corrected chi connectivity index (χ2v) is 7.96. The fourth-order valence-electron chi connectivity index (χ4n) is 3.21. The van der Waals surface area contributed by atoms with Gasteiger partial charge in [-0.15, -0.1) is 0 Å². The maximum absolute atomic E-state index is 12.5. The number of rotatable bonds is 9. The molecule has 1 aliphatic carbocycles. The fraction of sp³-hybridized carbons (Fsp3) is 0.895. The summed E-state index contributed by atoms with van der Waals surface area (Å²) in [6.07, 6.45) is 6.68. The molecule has 1 fully saturated rings. The van der Waals surface area contributed by atoms with Gasteiger partial charge in [-0.05, 0) is 45.6 Å². The maximum Gasteiger partial charge on any atom is 0.313 e. The molecule has 0 spiro atoms. The topological polar surface area (TPSA) is 101 Å². The normalized spacial score (nSPS) is 23.0. The average Bonchev–Trinajstić information content (AvgIpc) is 2.54. The Hall–Kier alpha value is -1.75. The zero-order valence-electron chi connectivity index (χ0n) is 16.6. The highest BCUT2D eigenvalue weighted by Gasteiger charge is 2.41. The Kier molecular flexibility index (Phi) is 9.49. The molecule has 1 aliphatic rings. The summed E-state index contributed by atoms with van der Waals surface area (Å²) in [5.41, 5.74) is 8.19. The zero-order valence-corrected chi connectivity index (χ0v) is 16.6. The summed E-state index contributed by atoms with van der Waals surface area (Å²) in [7, 11) is 0. The predicted molar refractivity (Wildman–Crippen MR) is 99.4 cm³/mol. The summed E-state index contributed by atoms with van der Waals surface area (Å²) in [6, 6.07) is -0.518. The van der Waals surface area contributed by atoms with Crippen LogP contribution in [-0.4, -0.2) is 29.7 Å². The molecule has 0 aromatic carbocycles. The number of ether oxygens (including phenoxy) is 2. The number of hydrogen-bond acceptors (Lipinski definition) is 5. The molecule has 148 valence electrons. The van der Waals surface area contributed by atoms with Crippen LogP contribution in [0.15, 0.2) is 5.11 Å². The highest BCUT2D eigenvalue weighted by Crippen LogP contribution is 2.32. The van der Waals surface area contributed by atoms with Gasteiger partial charge in [-0.25, -0.2) is 0 Å². The van der Waals surface area contributed by atoms with Crippen molar-refractivity contribution in [3.63, 3.8) is 0 Å². The zero-order chi connectivity index (χ0) is 19.6. The third-order valence-corrected chi connectivity index (χ3v) is 4.45. The van der Waals surface area contributed by atoms with Crippen molar-refractivity contribution < 1.29 is 19.1 Å². The first kappa shape index (κ1) is 22.3. The van der Waals surface area contributed by atoms with E-state index in [4.69, 9.17) is 15.0 Å². The molecule has 7 nitrogen and oxygen atoms in total. The van der Waals surface area contributed by atoms with Crippen molar-refractivity contribution in [1.82, 2.24) is 0 Å². The van der Waals surface area contributed by atoms with Crippen LogP contribution in [0.5, 0.6) is 0 Å². The number of carbonyl (C=O) groups excluding carboxylic acids is 2. The van der Waals surface area contributed by atoms with Crippen molar-refractivity contribution in [2.24, 2.45) is 11.0 Å². The summed E-state index contributed by atoms with van der Waals surface area (Å²) < 4.78 is 11.1. The molecule has 0 N–H and O–H groups in total. The van der Waals surface area contributed by atoms with Gasteiger partial charge in [-0.3, -0.25) is 9.59 Å². The van der Waals surface area contributed by atoms with E-state index in [1.54, 1.807) is 20.8 Å². The molecule has 3 atom stereocenters. The molecule has 0 bridgehead atoms. The summed E-state index contributed by atoms with van der Waals surface area (Å²) in [6.45, 7) is 7.55. The number of esters is 2. The van der Waals surface area contributed by atoms with E-state index in [2.05, 4.69) is 16.9 Å². The molecule has 0 amide bonds. The molecule has 0 aliphatic heterocycles. The second-order valence-electron chi connectivity index (χ2n) is 7.96. The quantitative estimate of drug-likeness (QED) is 0.186. The molecular weight excluding hydrogens is 334 g/mol. The van der Waals surface area contributed by atoms with Crippen LogP contribution in [0.4, 0.5) is 0 Å². The first-order valence-electron chi connectivity index (χ1n) is 9.75. The first-order valence-corrected chi connectivity index (χ1v) is 9.75. The van der Waals surface area contributed by atoms with Crippen molar-refractivity contribution in [2.45, 2.75) is 103 Å². The molecule has 1 saturated carbocycles. The van der Waals surface area contributed by atoms with Crippen LogP contribution in [0, 0.1) is 5.92 Å². The molecule has 0 aromatic rings. The molecule has 0 radical (unpaired) electrons. The second kappa shape index (κ2) is 11.1. The van der Waals surface area contributed by atoms with Gasteiger partial charge in [0, 0.05) is 11.3 Å². The Morgan fingerprint density at radius 1 is 1.15 bits per heavy atom. The van der Waals surface area contributed by atoms with Gasteiger partial charge in [-0.2, -0.15) is 0 Å². The van der Waals surface area contributed by atoms with E-state index < -0.39 is 29.6 Å². The molecule has 0 aromatic heterocycles. The number of carbonyl (C=O) groups is 2. The first-order chi connectivity index (χ1) is 12.3. The third kappa shape index (κ3) is 8.09. The van der Waals surface area contributed by atoms with Crippen LogP contribution in [0.2, 0.25) is 0 Å². The third-order valence-electron chi connectivity index (χ3n) is 4.45. The minimum absolute atomic E-state index is 0.324. The van der Waals surface area contributed by atoms with Crippen molar-refractivity contribution in [3.05, 3.63) is 10.4 Å². The summed E-state index contributed by atoms with van der Waals surface area (Å²) in [5.74, 6) is -1.31. The largest absolute Gasteiger partial charge is 0.461 e. The van der Waals surface area contributed by atoms with Gasteiger partial charge in [0.1, 0.15) is 11.7 Å². The van der Waals surface area contributed by atoms with Gasteiger partial charge < -0.3 is 9.47 Å². The van der Waals surface area contributed by atoms with Crippen LogP contribution >= 0.6 is 0 Å². The Balaban J connectivity index is 2.71. The van der Waals surface area contributed by atoms with Crippen LogP contribution in [0.3, 0.4) is 0 Å². The van der Waals surface area contributed by atoms with E-state index in [1.807, 2.05) is 0 Å². The van der Waals surface area contributed by atoms with Gasteiger partial charge in [0.25, 0.3) is 0 Å². The number of hydrogen-bond donors (Lipinski definition) is 0. The molecule has 26 heavy (non-hydrogen) atoms. The van der Waals surface area contributed by atoms with Crippen molar-refractivity contribution in [3.8, 4) is 0 Å². The lowest BCUT2D eigenvalue weighted by molar-refractivity contribution is -0.173. The molecule has 0 saturated heterocycles. The average molecular weight is 367 g/mol. The van der Waals surface area contributed by atoms with Crippen LogP contribution in [-0.2, 0) is 19.1 Å². The van der Waals surface area contributed by atoms with Crippen molar-refractivity contribution >= 4 is 11.9 Å². The van der Waals surface area contributed by atoms with Gasteiger partial charge in [0.15, 0.2) is 0 Å². The van der Waals surface area contributed by atoms with Crippen molar-refractivity contribution in [1.29, 1.82) is 0 Å². The SMILES string of the molecule is CCCCCCCC(=O)O[C@@H]1[C@@H](C(=O)OC(C)(C)C)CCC[C@H]1N=[N+]=[N-]. The Morgan fingerprint density at radius 3 is 2.46 bits per heavy atom. The Morgan fingerprint density at radius 2 is 1.85 bits per heavy atom. The number of azide groups is 1. The molecule has 1 rings (SSSR count). The monoisotopic (exact) mass is 367 g/mol. The highest BCUT2D eigenvalue weighted by atomic mass is 16.6. The smallest absolute Gasteiger partial charge is 0.313 e. The summed E-state index contributed by atoms with van der Waals surface area (Å²) in [4.78, 5) is 27.6. The van der Waals surface area contributed by atoms with Crippen molar-refractivity contribution in [2.75, 3.05) is 0 Å². The molecule has 0 unspecified atom stereocenters. The Bertz CT molecular complexity index is 509. The van der Waals surface area contributed by atoms with E-state index in [1.165, 1.54) is 0 Å². The van der Waals surface area contributed by atoms with Gasteiger partial charge in [0.05, 0.1) is 12.0 Å². The number of nitrogens with zero attached hydrogens (tertiary/aromatic N) is 3. The van der Waals surface area contributed by atoms with Crippen LogP contribution in [0.25, 0.3) is 10.4 Å². The van der Waals surface area contributed by atoms with E-state index >= 15 is 0 Å². The Labute approximate surface area is 156 Å². The highest BCUT2D eigenvalue weighted by molar-refractivity contribution is 5.75. The lowest BCUT2D eigenvalue weighted by Gasteiger charge is -2.35. The van der Waals surface area contributed by atoms with Crippen LogP contribution < -0.4 is 0 Å². The lowest BCUT2D eigenvalue weighted by Crippen LogP contribution is -2.45. The molecule has 0 heterocycles. The minimum atomic E-state index is -0.738. The summed E-state index contributed by atoms with van der Waals surface area (Å²) >= 11 is 0. The molecule has 7 heteroatoms. The summed E-state index contributed by atoms with van der Waals surface area (Å²) in [5, 5.41) is 3.76. The fourth-order valence-corrected chi connectivity index (χ4v) is 3.21. The minimum Gasteiger partial charge on any atom is -0.461 e. The van der Waals surface area contributed by atoms with E-state index in [-0.39, 0.29) is 5.97 Å². The van der Waals surface area contributed by atoms with Gasteiger partial charge in [0.2, 0.25) is 0 Å². The van der Waals surface area contributed by atoms with Gasteiger partial charge >= 0.3 is 11.9 Å². The number of unbranched alkanes of at least 4 members (excludes halogenated alkanes) is 4. The van der Waals surface area contributed by atoms with Gasteiger partial charge in [-0.1, -0.05) is 44.1 Å². The van der Waals surface area contributed by atoms with E-state index in [0.29, 0.717) is 19.3 Å². The van der Waals surface area contributed by atoms with Crippen LogP contribution in [0.1, 0.15) is 85.5 Å². The van der Waals surface area contributed by atoms with E-state index in [9.17, 15) is 9.59 Å². The molecular formula is C19H33N3O4. The predicted octanol–water partition coefficient (Wildman–Crippen LogP) is 5.08. The standard InChI is InChI=1S/C19H33N3O4/c1-5-6-7-8-9-13-16(23)25-17-14(18(24)26-19(2,3)4)11-10-12-15(17)21-22-20/h14-15,17H,5-13H2,1-4H3/t14-,15+,17+/m0/s1. The maximum atomic E-state index is 12.5. The lowest BCUT2D eigenvalue weighted by atomic mass is 9.83. The van der Waals surface area contributed by atoms with E-state index in [0.717, 1.165) is 38.5 Å².